The number of ether oxygens (including phenoxy) is 2. The Hall–Kier alpha value is -2.07. The van der Waals surface area contributed by atoms with Gasteiger partial charge in [0, 0.05) is 6.04 Å². The standard InChI is InChI=1S/C20H24FNO2/c1-13-10-14(4-6-17(13)21)5-7-18-16-12-20(24-3)19(23-2)11-15(16)8-9-22-18/h4,6,10-12,18,22H,5,7-9H2,1-3H3. The van der Waals surface area contributed by atoms with E-state index in [0.29, 0.717) is 5.56 Å². The van der Waals surface area contributed by atoms with Gasteiger partial charge in [-0.25, -0.2) is 4.39 Å². The van der Waals surface area contributed by atoms with Gasteiger partial charge in [-0.05, 0) is 73.2 Å². The molecule has 1 aliphatic heterocycles. The first-order valence-corrected chi connectivity index (χ1v) is 8.35. The number of aryl methyl sites for hydroxylation is 2. The van der Waals surface area contributed by atoms with Gasteiger partial charge in [-0.15, -0.1) is 0 Å². The Morgan fingerprint density at radius 3 is 2.58 bits per heavy atom. The number of fused-ring (bicyclic) bond motifs is 1. The van der Waals surface area contributed by atoms with Gasteiger partial charge in [-0.3, -0.25) is 0 Å². The zero-order valence-corrected chi connectivity index (χ0v) is 14.5. The van der Waals surface area contributed by atoms with Crippen LogP contribution < -0.4 is 14.8 Å². The number of methoxy groups -OCH3 is 2. The van der Waals surface area contributed by atoms with Crippen LogP contribution in [0.15, 0.2) is 30.3 Å². The second kappa shape index (κ2) is 7.22. The van der Waals surface area contributed by atoms with E-state index in [4.69, 9.17) is 9.47 Å². The van der Waals surface area contributed by atoms with Gasteiger partial charge < -0.3 is 14.8 Å². The summed E-state index contributed by atoms with van der Waals surface area (Å²) >= 11 is 0. The van der Waals surface area contributed by atoms with Gasteiger partial charge in [0.1, 0.15) is 5.82 Å². The zero-order chi connectivity index (χ0) is 17.1. The average molecular weight is 329 g/mol. The van der Waals surface area contributed by atoms with Crippen LogP contribution >= 0.6 is 0 Å². The van der Waals surface area contributed by atoms with E-state index in [0.717, 1.165) is 37.3 Å². The minimum Gasteiger partial charge on any atom is -0.493 e. The van der Waals surface area contributed by atoms with Gasteiger partial charge in [0.15, 0.2) is 11.5 Å². The first-order chi connectivity index (χ1) is 11.6. The van der Waals surface area contributed by atoms with E-state index in [1.54, 1.807) is 20.3 Å². The molecule has 2 aromatic rings. The molecule has 1 aliphatic rings. The van der Waals surface area contributed by atoms with Crippen LogP contribution in [0.5, 0.6) is 11.5 Å². The van der Waals surface area contributed by atoms with Crippen LogP contribution in [0, 0.1) is 12.7 Å². The fourth-order valence-corrected chi connectivity index (χ4v) is 3.40. The van der Waals surface area contributed by atoms with Crippen molar-refractivity contribution in [1.82, 2.24) is 5.32 Å². The van der Waals surface area contributed by atoms with E-state index in [9.17, 15) is 4.39 Å². The molecule has 1 unspecified atom stereocenters. The Balaban J connectivity index is 1.80. The lowest BCUT2D eigenvalue weighted by Crippen LogP contribution is -2.30. The third kappa shape index (κ3) is 3.39. The van der Waals surface area contributed by atoms with Crippen molar-refractivity contribution in [3.8, 4) is 11.5 Å². The number of rotatable bonds is 5. The summed E-state index contributed by atoms with van der Waals surface area (Å²) in [5.41, 5.74) is 4.46. The molecular formula is C20H24FNO2. The summed E-state index contributed by atoms with van der Waals surface area (Å²) in [5.74, 6) is 1.41. The van der Waals surface area contributed by atoms with Gasteiger partial charge in [-0.2, -0.15) is 0 Å². The first-order valence-electron chi connectivity index (χ1n) is 8.35. The topological polar surface area (TPSA) is 30.5 Å². The monoisotopic (exact) mass is 329 g/mol. The first kappa shape index (κ1) is 16.8. The van der Waals surface area contributed by atoms with Crippen molar-refractivity contribution in [1.29, 1.82) is 0 Å². The highest BCUT2D eigenvalue weighted by atomic mass is 19.1. The predicted octanol–water partition coefficient (Wildman–Crippen LogP) is 3.97. The molecule has 0 aliphatic carbocycles. The minimum absolute atomic E-state index is 0.142. The third-order valence-electron chi connectivity index (χ3n) is 4.75. The second-order valence-electron chi connectivity index (χ2n) is 6.28. The van der Waals surface area contributed by atoms with E-state index in [1.807, 2.05) is 19.1 Å². The van der Waals surface area contributed by atoms with E-state index in [2.05, 4.69) is 17.4 Å². The summed E-state index contributed by atoms with van der Waals surface area (Å²) < 4.78 is 24.3. The number of halogens is 1. The number of hydrogen-bond acceptors (Lipinski definition) is 3. The molecular weight excluding hydrogens is 305 g/mol. The lowest BCUT2D eigenvalue weighted by molar-refractivity contribution is 0.351. The fraction of sp³-hybridized carbons (Fsp3) is 0.400. The smallest absolute Gasteiger partial charge is 0.161 e. The van der Waals surface area contributed by atoms with Crippen molar-refractivity contribution in [2.24, 2.45) is 0 Å². The summed E-state index contributed by atoms with van der Waals surface area (Å²) in [4.78, 5) is 0. The summed E-state index contributed by atoms with van der Waals surface area (Å²) in [7, 11) is 3.33. The van der Waals surface area contributed by atoms with E-state index < -0.39 is 0 Å². The zero-order valence-electron chi connectivity index (χ0n) is 14.5. The van der Waals surface area contributed by atoms with E-state index in [1.165, 1.54) is 16.7 Å². The Labute approximate surface area is 142 Å². The van der Waals surface area contributed by atoms with Gasteiger partial charge in [0.05, 0.1) is 14.2 Å². The molecule has 1 N–H and O–H groups in total. The van der Waals surface area contributed by atoms with Gasteiger partial charge in [0.2, 0.25) is 0 Å². The molecule has 0 fully saturated rings. The molecule has 0 bridgehead atoms. The van der Waals surface area contributed by atoms with Crippen LogP contribution in [0.1, 0.15) is 34.7 Å². The maximum atomic E-state index is 13.4. The molecule has 3 nitrogen and oxygen atoms in total. The van der Waals surface area contributed by atoms with Crippen molar-refractivity contribution in [2.75, 3.05) is 20.8 Å². The average Bonchev–Trinajstić information content (AvgIpc) is 2.61. The van der Waals surface area contributed by atoms with Gasteiger partial charge >= 0.3 is 0 Å². The molecule has 0 saturated heterocycles. The molecule has 1 atom stereocenters. The van der Waals surface area contributed by atoms with Crippen molar-refractivity contribution in [3.05, 3.63) is 58.4 Å². The highest BCUT2D eigenvalue weighted by molar-refractivity contribution is 5.49. The lowest BCUT2D eigenvalue weighted by atomic mass is 9.90. The van der Waals surface area contributed by atoms with E-state index >= 15 is 0 Å². The Morgan fingerprint density at radius 1 is 1.12 bits per heavy atom. The highest BCUT2D eigenvalue weighted by Gasteiger charge is 2.22. The molecule has 4 heteroatoms. The molecule has 3 rings (SSSR count). The summed E-state index contributed by atoms with van der Waals surface area (Å²) in [6, 6.07) is 9.82. The predicted molar refractivity (Wildman–Crippen MR) is 93.5 cm³/mol. The molecule has 128 valence electrons. The van der Waals surface area contributed by atoms with Crippen molar-refractivity contribution < 1.29 is 13.9 Å². The number of hydrogen-bond donors (Lipinski definition) is 1. The summed E-state index contributed by atoms with van der Waals surface area (Å²) in [5, 5.41) is 3.59. The molecule has 0 amide bonds. The highest BCUT2D eigenvalue weighted by Crippen LogP contribution is 2.36. The van der Waals surface area contributed by atoms with Crippen molar-refractivity contribution >= 4 is 0 Å². The normalized spacial score (nSPS) is 16.6. The van der Waals surface area contributed by atoms with E-state index in [-0.39, 0.29) is 11.9 Å². The van der Waals surface area contributed by atoms with Crippen LogP contribution in [0.4, 0.5) is 4.39 Å². The van der Waals surface area contributed by atoms with Crippen molar-refractivity contribution in [2.45, 2.75) is 32.2 Å². The van der Waals surface area contributed by atoms with Crippen LogP contribution in [0.25, 0.3) is 0 Å². The summed E-state index contributed by atoms with van der Waals surface area (Å²) in [6.45, 7) is 2.76. The van der Waals surface area contributed by atoms with Gasteiger partial charge in [0.25, 0.3) is 0 Å². The molecule has 1 heterocycles. The Morgan fingerprint density at radius 2 is 1.88 bits per heavy atom. The van der Waals surface area contributed by atoms with Crippen LogP contribution in [0.2, 0.25) is 0 Å². The molecule has 0 spiro atoms. The minimum atomic E-state index is -0.142. The molecule has 24 heavy (non-hydrogen) atoms. The molecule has 2 aromatic carbocycles. The maximum absolute atomic E-state index is 13.4. The molecule has 0 aromatic heterocycles. The largest absolute Gasteiger partial charge is 0.493 e. The van der Waals surface area contributed by atoms with Crippen LogP contribution in [-0.4, -0.2) is 20.8 Å². The fourth-order valence-electron chi connectivity index (χ4n) is 3.40. The van der Waals surface area contributed by atoms with Crippen LogP contribution in [0.3, 0.4) is 0 Å². The third-order valence-corrected chi connectivity index (χ3v) is 4.75. The number of benzene rings is 2. The Bertz CT molecular complexity index is 730. The molecule has 0 saturated carbocycles. The van der Waals surface area contributed by atoms with Crippen molar-refractivity contribution in [3.63, 3.8) is 0 Å². The van der Waals surface area contributed by atoms with Gasteiger partial charge in [-0.1, -0.05) is 12.1 Å². The van der Waals surface area contributed by atoms with Crippen LogP contribution in [-0.2, 0) is 12.8 Å². The Kier molecular flexibility index (Phi) is 5.05. The molecule has 0 radical (unpaired) electrons. The maximum Gasteiger partial charge on any atom is 0.161 e. The lowest BCUT2D eigenvalue weighted by Gasteiger charge is -2.28. The summed E-state index contributed by atoms with van der Waals surface area (Å²) in [6.07, 6.45) is 2.86. The SMILES string of the molecule is COc1cc2c(cc1OC)C(CCc1ccc(F)c(C)c1)NCC2. The quantitative estimate of drug-likeness (QED) is 0.900. The second-order valence-corrected chi connectivity index (χ2v) is 6.28. The number of nitrogens with one attached hydrogen (secondary N) is 1.